The Hall–Kier alpha value is -1.32. The van der Waals surface area contributed by atoms with E-state index in [4.69, 9.17) is 9.52 Å². The van der Waals surface area contributed by atoms with E-state index in [9.17, 15) is 13.2 Å². The van der Waals surface area contributed by atoms with Crippen molar-refractivity contribution in [3.8, 4) is 0 Å². The van der Waals surface area contributed by atoms with Gasteiger partial charge in [-0.2, -0.15) is 8.42 Å². The molecular weight excluding hydrogens is 430 g/mol. The molecule has 0 spiro atoms. The van der Waals surface area contributed by atoms with Crippen molar-refractivity contribution in [3.63, 3.8) is 0 Å². The second-order valence-corrected chi connectivity index (χ2v) is 7.45. The number of carboxylic acids is 1. The number of aryl methyl sites for hydroxylation is 1. The maximum absolute atomic E-state index is 12.2. The van der Waals surface area contributed by atoms with Crippen LogP contribution in [-0.2, 0) is 10.0 Å². The van der Waals surface area contributed by atoms with Gasteiger partial charge in [0.05, 0.1) is 5.69 Å². The average Bonchev–Trinajstić information content (AvgIpc) is 2.84. The summed E-state index contributed by atoms with van der Waals surface area (Å²) >= 11 is 6.54. The number of halogens is 2. The predicted molar refractivity (Wildman–Crippen MR) is 83.1 cm³/mol. The molecule has 1 aromatic carbocycles. The Morgan fingerprint density at radius 2 is 1.81 bits per heavy atom. The summed E-state index contributed by atoms with van der Waals surface area (Å²) < 4.78 is 32.6. The molecule has 0 aliphatic carbocycles. The number of nitrogens with one attached hydrogen (secondary N) is 1. The zero-order valence-corrected chi connectivity index (χ0v) is 14.5. The van der Waals surface area contributed by atoms with Gasteiger partial charge in [-0.25, -0.2) is 4.79 Å². The van der Waals surface area contributed by atoms with Gasteiger partial charge in [0.25, 0.3) is 10.0 Å². The third-order valence-corrected chi connectivity index (χ3v) is 4.95. The van der Waals surface area contributed by atoms with Crippen molar-refractivity contribution >= 4 is 53.5 Å². The maximum atomic E-state index is 12.2. The number of anilines is 1. The first kappa shape index (κ1) is 16.1. The summed E-state index contributed by atoms with van der Waals surface area (Å²) in [5.74, 6) is -1.79. The van der Waals surface area contributed by atoms with Gasteiger partial charge < -0.3 is 9.52 Å². The van der Waals surface area contributed by atoms with Crippen LogP contribution in [0.5, 0.6) is 0 Å². The Kier molecular flexibility index (Phi) is 4.45. The second kappa shape index (κ2) is 5.82. The molecule has 0 aliphatic rings. The molecule has 0 aliphatic heterocycles. The summed E-state index contributed by atoms with van der Waals surface area (Å²) in [6.07, 6.45) is 0. The van der Waals surface area contributed by atoms with Crippen LogP contribution < -0.4 is 4.72 Å². The molecule has 9 heteroatoms. The van der Waals surface area contributed by atoms with Crippen molar-refractivity contribution < 1.29 is 22.7 Å². The first-order valence-corrected chi connectivity index (χ1v) is 8.59. The van der Waals surface area contributed by atoms with E-state index in [1.807, 2.05) is 6.92 Å². The van der Waals surface area contributed by atoms with Gasteiger partial charge in [0.1, 0.15) is 0 Å². The highest BCUT2D eigenvalue weighted by Gasteiger charge is 2.23. The zero-order valence-electron chi connectivity index (χ0n) is 10.6. The summed E-state index contributed by atoms with van der Waals surface area (Å²) in [5, 5.41) is 8.28. The van der Waals surface area contributed by atoms with E-state index in [1.165, 1.54) is 0 Å². The lowest BCUT2D eigenvalue weighted by Crippen LogP contribution is -2.13. The Morgan fingerprint density at radius 3 is 2.29 bits per heavy atom. The first-order valence-electron chi connectivity index (χ1n) is 5.52. The van der Waals surface area contributed by atoms with E-state index in [0.29, 0.717) is 14.6 Å². The molecule has 0 amide bonds. The number of sulfonamides is 1. The fraction of sp³-hybridized carbons (Fsp3) is 0.0833. The van der Waals surface area contributed by atoms with Crippen LogP contribution >= 0.6 is 31.9 Å². The van der Waals surface area contributed by atoms with Gasteiger partial charge in [0.2, 0.25) is 10.9 Å². The lowest BCUT2D eigenvalue weighted by molar-refractivity contribution is 0.0656. The summed E-state index contributed by atoms with van der Waals surface area (Å²) in [6, 6.07) is 5.65. The van der Waals surface area contributed by atoms with Gasteiger partial charge in [0, 0.05) is 8.95 Å². The van der Waals surface area contributed by atoms with Crippen molar-refractivity contribution in [1.29, 1.82) is 0 Å². The van der Waals surface area contributed by atoms with Crippen LogP contribution in [-0.4, -0.2) is 19.5 Å². The highest BCUT2D eigenvalue weighted by molar-refractivity contribution is 9.11. The molecule has 112 valence electrons. The van der Waals surface area contributed by atoms with E-state index in [-0.39, 0.29) is 0 Å². The van der Waals surface area contributed by atoms with Crippen LogP contribution in [0.15, 0.2) is 42.7 Å². The van der Waals surface area contributed by atoms with Crippen molar-refractivity contribution in [1.82, 2.24) is 0 Å². The number of rotatable bonds is 4. The van der Waals surface area contributed by atoms with Gasteiger partial charge >= 0.3 is 5.97 Å². The Labute approximate surface area is 137 Å². The van der Waals surface area contributed by atoms with Crippen LogP contribution in [0.4, 0.5) is 5.69 Å². The molecule has 0 bridgehead atoms. The fourth-order valence-corrected chi connectivity index (χ4v) is 4.47. The maximum Gasteiger partial charge on any atom is 0.371 e. The van der Waals surface area contributed by atoms with Crippen LogP contribution in [0.3, 0.4) is 0 Å². The largest absolute Gasteiger partial charge is 0.475 e. The number of benzene rings is 1. The molecule has 1 heterocycles. The summed E-state index contributed by atoms with van der Waals surface area (Å²) in [6.45, 7) is 1.86. The molecule has 2 aromatic rings. The molecule has 0 saturated heterocycles. The van der Waals surface area contributed by atoms with Crippen molar-refractivity contribution in [2.45, 2.75) is 12.0 Å². The van der Waals surface area contributed by atoms with Gasteiger partial charge in [-0.15, -0.1) is 0 Å². The zero-order chi connectivity index (χ0) is 15.8. The summed E-state index contributed by atoms with van der Waals surface area (Å²) in [5.41, 5.74) is 1.23. The van der Waals surface area contributed by atoms with Crippen molar-refractivity contribution in [3.05, 3.63) is 44.5 Å². The predicted octanol–water partition coefficient (Wildman–Crippen LogP) is 3.61. The number of carbonyl (C=O) groups is 1. The van der Waals surface area contributed by atoms with E-state index in [0.717, 1.165) is 17.7 Å². The standard InChI is InChI=1S/C12H9Br2NO5S/c1-6-4-7(13)11(8(14)5-6)15-21(18,19)10-3-2-9(20-10)12(16)17/h2-5,15H,1H3,(H,16,17). The van der Waals surface area contributed by atoms with Crippen LogP contribution in [0.25, 0.3) is 0 Å². The highest BCUT2D eigenvalue weighted by atomic mass is 79.9. The Bertz CT molecular complexity index is 790. The monoisotopic (exact) mass is 437 g/mol. The normalized spacial score (nSPS) is 11.4. The molecule has 0 atom stereocenters. The first-order chi connectivity index (χ1) is 9.70. The minimum Gasteiger partial charge on any atom is -0.475 e. The molecule has 21 heavy (non-hydrogen) atoms. The van der Waals surface area contributed by atoms with Gasteiger partial charge in [-0.05, 0) is 68.6 Å². The van der Waals surface area contributed by atoms with Crippen molar-refractivity contribution in [2.75, 3.05) is 4.72 Å². The third kappa shape index (κ3) is 3.47. The van der Waals surface area contributed by atoms with E-state index in [2.05, 4.69) is 36.6 Å². The van der Waals surface area contributed by atoms with Gasteiger partial charge in [-0.3, -0.25) is 4.72 Å². The van der Waals surface area contributed by atoms with Gasteiger partial charge in [-0.1, -0.05) is 0 Å². The number of aromatic carboxylic acids is 1. The number of furan rings is 1. The quantitative estimate of drug-likeness (QED) is 0.759. The molecule has 2 N–H and O–H groups in total. The third-order valence-electron chi connectivity index (χ3n) is 2.48. The summed E-state index contributed by atoms with van der Waals surface area (Å²) in [7, 11) is -4.02. The topological polar surface area (TPSA) is 96.6 Å². The molecule has 6 nitrogen and oxygen atoms in total. The van der Waals surface area contributed by atoms with Gasteiger partial charge in [0.15, 0.2) is 0 Å². The van der Waals surface area contributed by atoms with E-state index in [1.54, 1.807) is 12.1 Å². The second-order valence-electron chi connectivity index (χ2n) is 4.13. The SMILES string of the molecule is Cc1cc(Br)c(NS(=O)(=O)c2ccc(C(=O)O)o2)c(Br)c1. The minimum atomic E-state index is -4.02. The van der Waals surface area contributed by atoms with Crippen LogP contribution in [0.1, 0.15) is 16.1 Å². The lowest BCUT2D eigenvalue weighted by Gasteiger charge is -2.11. The molecule has 0 radical (unpaired) electrons. The number of hydrogen-bond acceptors (Lipinski definition) is 4. The summed E-state index contributed by atoms with van der Waals surface area (Å²) in [4.78, 5) is 10.7. The fourth-order valence-electron chi connectivity index (χ4n) is 1.56. The van der Waals surface area contributed by atoms with E-state index >= 15 is 0 Å². The minimum absolute atomic E-state index is 0.300. The average molecular weight is 439 g/mol. The smallest absolute Gasteiger partial charge is 0.371 e. The lowest BCUT2D eigenvalue weighted by atomic mass is 10.2. The van der Waals surface area contributed by atoms with Crippen LogP contribution in [0.2, 0.25) is 0 Å². The Morgan fingerprint density at radius 1 is 1.24 bits per heavy atom. The molecule has 0 unspecified atom stereocenters. The molecule has 2 rings (SSSR count). The van der Waals surface area contributed by atoms with Crippen LogP contribution in [0, 0.1) is 6.92 Å². The highest BCUT2D eigenvalue weighted by Crippen LogP contribution is 2.34. The van der Waals surface area contributed by atoms with E-state index < -0.39 is 26.8 Å². The molecule has 0 fully saturated rings. The van der Waals surface area contributed by atoms with Crippen molar-refractivity contribution in [2.24, 2.45) is 0 Å². The molecule has 1 aromatic heterocycles. The molecule has 0 saturated carbocycles. The number of hydrogen-bond donors (Lipinski definition) is 2. The Balaban J connectivity index is 2.40. The number of carboxylic acid groups (broad SMARTS) is 1. The molecular formula is C12H9Br2NO5S.